The molecule has 0 aliphatic carbocycles. The van der Waals surface area contributed by atoms with E-state index in [-0.39, 0.29) is 0 Å². The van der Waals surface area contributed by atoms with Gasteiger partial charge in [0.1, 0.15) is 67.1 Å². The molecule has 0 bridgehead atoms. The van der Waals surface area contributed by atoms with Crippen LogP contribution in [0, 0.1) is 0 Å². The van der Waals surface area contributed by atoms with Crippen molar-refractivity contribution < 1.29 is 74.4 Å². The van der Waals surface area contributed by atoms with E-state index in [1.54, 1.807) is 0 Å². The molecule has 0 saturated carbocycles. The first-order valence-corrected chi connectivity index (χ1v) is 11.0. The normalized spacial score (nSPS) is 49.0. The number of amides is 1. The second-order valence-electron chi connectivity index (χ2n) is 8.62. The third-order valence-corrected chi connectivity index (χ3v) is 6.10. The summed E-state index contributed by atoms with van der Waals surface area (Å²) >= 11 is 0. The van der Waals surface area contributed by atoms with Gasteiger partial charge in [-0.3, -0.25) is 4.79 Å². The molecule has 35 heavy (non-hydrogen) atoms. The quantitative estimate of drug-likeness (QED) is 0.151. The fourth-order valence-corrected chi connectivity index (χ4v) is 4.17. The van der Waals surface area contributed by atoms with Crippen LogP contribution in [0.15, 0.2) is 0 Å². The average molecular weight is 515 g/mol. The summed E-state index contributed by atoms with van der Waals surface area (Å²) in [6, 6.07) is -1.41. The lowest BCUT2D eigenvalue weighted by Gasteiger charge is -2.49. The first-order valence-electron chi connectivity index (χ1n) is 11.0. The van der Waals surface area contributed by atoms with Crippen LogP contribution in [0.1, 0.15) is 6.92 Å². The summed E-state index contributed by atoms with van der Waals surface area (Å²) in [5.41, 5.74) is 0. The Kier molecular flexibility index (Phi) is 9.74. The second-order valence-corrected chi connectivity index (χ2v) is 8.62. The molecule has 16 heteroatoms. The van der Waals surface area contributed by atoms with E-state index in [2.05, 4.69) is 5.32 Å². The molecule has 3 rings (SSSR count). The van der Waals surface area contributed by atoms with Crippen molar-refractivity contribution in [2.24, 2.45) is 0 Å². The summed E-state index contributed by atoms with van der Waals surface area (Å²) in [4.78, 5) is 11.8. The third kappa shape index (κ3) is 6.08. The highest BCUT2D eigenvalue weighted by atomic mass is 16.7. The van der Waals surface area contributed by atoms with Gasteiger partial charge >= 0.3 is 0 Å². The Labute approximate surface area is 199 Å². The van der Waals surface area contributed by atoms with E-state index in [0.29, 0.717) is 0 Å². The molecule has 1 amide bonds. The SMILES string of the molecule is CC(=O)N[C@@H]1C(O)O[C@H](CO)[C@@H](O[C@H]2OC[C@@H](O)[C@@H](O)[C@@H]2O)[C@@H]1O[C@@H]1O[C@H](CO)[C@H](O)[C@H](O)[C@H]1O. The van der Waals surface area contributed by atoms with Crippen molar-refractivity contribution >= 4 is 5.91 Å². The van der Waals surface area contributed by atoms with Gasteiger partial charge in [0, 0.05) is 6.92 Å². The number of carbonyl (C=O) groups is 1. The standard InChI is InChI=1S/C19H33NO15/c1-5(23)20-9-16(35-19-14(29)12(27)11(26)7(2-21)33-19)15(8(3-22)32-17(9)30)34-18-13(28)10(25)6(24)4-31-18/h6-19,21-22,24-30H,2-4H2,1H3,(H,20,23)/t6-,7-,8-,9+,10-,11+,12+,13+,14-,15-,16-,17?,18-,19+/m1/s1. The lowest BCUT2D eigenvalue weighted by Crippen LogP contribution is -2.69. The van der Waals surface area contributed by atoms with E-state index in [1.165, 1.54) is 0 Å². The van der Waals surface area contributed by atoms with Crippen LogP contribution in [0.2, 0.25) is 0 Å². The molecular weight excluding hydrogens is 482 g/mol. The number of carbonyl (C=O) groups excluding carboxylic acids is 1. The number of aliphatic hydroxyl groups is 9. The number of hydrogen-bond acceptors (Lipinski definition) is 15. The maximum Gasteiger partial charge on any atom is 0.217 e. The van der Waals surface area contributed by atoms with Gasteiger partial charge in [0.2, 0.25) is 5.91 Å². The van der Waals surface area contributed by atoms with E-state index in [4.69, 9.17) is 23.7 Å². The number of rotatable bonds is 7. The third-order valence-electron chi connectivity index (χ3n) is 6.10. The Bertz CT molecular complexity index is 699. The molecule has 3 aliphatic heterocycles. The van der Waals surface area contributed by atoms with Crippen molar-refractivity contribution in [1.82, 2.24) is 5.32 Å². The Morgan fingerprint density at radius 3 is 2.00 bits per heavy atom. The minimum absolute atomic E-state index is 0.420. The van der Waals surface area contributed by atoms with Gasteiger partial charge in [-0.25, -0.2) is 0 Å². The molecule has 0 spiro atoms. The first kappa shape index (κ1) is 28.5. The largest absolute Gasteiger partial charge is 0.394 e. The smallest absolute Gasteiger partial charge is 0.217 e. The monoisotopic (exact) mass is 515 g/mol. The summed E-state index contributed by atoms with van der Waals surface area (Å²) in [6.45, 7) is -0.817. The Morgan fingerprint density at radius 2 is 1.40 bits per heavy atom. The molecule has 3 fully saturated rings. The van der Waals surface area contributed by atoms with Crippen LogP contribution < -0.4 is 5.32 Å². The molecule has 0 aromatic rings. The summed E-state index contributed by atoms with van der Waals surface area (Å²) in [7, 11) is 0. The molecule has 0 aromatic heterocycles. The van der Waals surface area contributed by atoms with Crippen molar-refractivity contribution in [2.45, 2.75) is 92.9 Å². The molecule has 3 aliphatic rings. The van der Waals surface area contributed by atoms with Gasteiger partial charge in [-0.1, -0.05) is 0 Å². The van der Waals surface area contributed by atoms with Crippen LogP contribution in [-0.2, 0) is 28.5 Å². The molecule has 0 aromatic carbocycles. The number of aliphatic hydroxyl groups excluding tert-OH is 9. The Morgan fingerprint density at radius 1 is 0.800 bits per heavy atom. The minimum Gasteiger partial charge on any atom is -0.394 e. The molecule has 3 heterocycles. The second kappa shape index (κ2) is 12.0. The summed E-state index contributed by atoms with van der Waals surface area (Å²) in [6.07, 6.45) is -20.9. The van der Waals surface area contributed by atoms with Gasteiger partial charge in [0.25, 0.3) is 0 Å². The van der Waals surface area contributed by atoms with Crippen LogP contribution in [0.5, 0.6) is 0 Å². The number of ether oxygens (including phenoxy) is 5. The maximum absolute atomic E-state index is 11.8. The lowest BCUT2D eigenvalue weighted by molar-refractivity contribution is -0.365. The van der Waals surface area contributed by atoms with Crippen LogP contribution in [0.25, 0.3) is 0 Å². The minimum atomic E-state index is -1.85. The van der Waals surface area contributed by atoms with Crippen molar-refractivity contribution in [3.63, 3.8) is 0 Å². The Hall–Kier alpha value is -1.09. The summed E-state index contributed by atoms with van der Waals surface area (Å²) in [5.74, 6) is -0.645. The van der Waals surface area contributed by atoms with Crippen LogP contribution in [-0.4, -0.2) is 158 Å². The average Bonchev–Trinajstić information content (AvgIpc) is 2.82. The Balaban J connectivity index is 1.90. The topological polar surface area (TPSA) is 257 Å². The highest BCUT2D eigenvalue weighted by Crippen LogP contribution is 2.32. The van der Waals surface area contributed by atoms with Gasteiger partial charge in [-0.05, 0) is 0 Å². The van der Waals surface area contributed by atoms with Crippen LogP contribution >= 0.6 is 0 Å². The summed E-state index contributed by atoms with van der Waals surface area (Å²) in [5, 5.41) is 92.5. The van der Waals surface area contributed by atoms with Gasteiger partial charge in [0.05, 0.1) is 19.8 Å². The fraction of sp³-hybridized carbons (Fsp3) is 0.947. The molecule has 10 N–H and O–H groups in total. The molecular formula is C19H33NO15. The highest BCUT2D eigenvalue weighted by molar-refractivity contribution is 5.73. The first-order chi connectivity index (χ1) is 16.5. The zero-order valence-electron chi connectivity index (χ0n) is 18.7. The van der Waals surface area contributed by atoms with E-state index < -0.39 is 112 Å². The molecule has 1 unspecified atom stereocenters. The summed E-state index contributed by atoms with van der Waals surface area (Å²) < 4.78 is 27.3. The van der Waals surface area contributed by atoms with Gasteiger partial charge in [-0.2, -0.15) is 0 Å². The molecule has 16 nitrogen and oxygen atoms in total. The van der Waals surface area contributed by atoms with Crippen LogP contribution in [0.3, 0.4) is 0 Å². The van der Waals surface area contributed by atoms with E-state index in [1.807, 2.05) is 0 Å². The lowest BCUT2D eigenvalue weighted by atomic mass is 9.94. The van der Waals surface area contributed by atoms with E-state index in [9.17, 15) is 50.8 Å². The van der Waals surface area contributed by atoms with Crippen molar-refractivity contribution in [1.29, 1.82) is 0 Å². The van der Waals surface area contributed by atoms with Crippen LogP contribution in [0.4, 0.5) is 0 Å². The molecule has 0 radical (unpaired) electrons. The van der Waals surface area contributed by atoms with Gasteiger partial charge in [0.15, 0.2) is 18.9 Å². The predicted molar refractivity (Wildman–Crippen MR) is 107 cm³/mol. The van der Waals surface area contributed by atoms with Gasteiger partial charge in [-0.15, -0.1) is 0 Å². The van der Waals surface area contributed by atoms with Gasteiger partial charge < -0.3 is 75.0 Å². The molecule has 204 valence electrons. The molecule has 14 atom stereocenters. The number of nitrogens with one attached hydrogen (secondary N) is 1. The van der Waals surface area contributed by atoms with Crippen molar-refractivity contribution in [3.8, 4) is 0 Å². The zero-order chi connectivity index (χ0) is 26.0. The van der Waals surface area contributed by atoms with Crippen molar-refractivity contribution in [2.75, 3.05) is 19.8 Å². The predicted octanol–water partition coefficient (Wildman–Crippen LogP) is -6.79. The highest BCUT2D eigenvalue weighted by Gasteiger charge is 2.53. The van der Waals surface area contributed by atoms with Crippen molar-refractivity contribution in [3.05, 3.63) is 0 Å². The maximum atomic E-state index is 11.8. The zero-order valence-corrected chi connectivity index (χ0v) is 18.7. The number of hydrogen-bond donors (Lipinski definition) is 10. The van der Waals surface area contributed by atoms with E-state index >= 15 is 0 Å². The molecule has 3 saturated heterocycles. The van der Waals surface area contributed by atoms with E-state index in [0.717, 1.165) is 6.92 Å². The fourth-order valence-electron chi connectivity index (χ4n) is 4.17.